The van der Waals surface area contributed by atoms with Crippen LogP contribution in [0.4, 0.5) is 0 Å². The van der Waals surface area contributed by atoms with Crippen LogP contribution in [-0.2, 0) is 0 Å². The summed E-state index contributed by atoms with van der Waals surface area (Å²) in [7, 11) is 0. The maximum Gasteiger partial charge on any atom is -0.00137 e. The molecule has 9 rings (SSSR count). The van der Waals surface area contributed by atoms with E-state index >= 15 is 0 Å². The average Bonchev–Trinajstić information content (AvgIpc) is 3.17. The van der Waals surface area contributed by atoms with Gasteiger partial charge in [-0.15, -0.1) is 0 Å². The maximum atomic E-state index is 2.37. The van der Waals surface area contributed by atoms with E-state index in [0.717, 1.165) is 0 Å². The van der Waals surface area contributed by atoms with Gasteiger partial charge in [0.25, 0.3) is 0 Å². The zero-order valence-electron chi connectivity index (χ0n) is 26.5. The first-order chi connectivity index (χ1) is 23.8. The Morgan fingerprint density at radius 2 is 0.646 bits per heavy atom. The second-order valence-electron chi connectivity index (χ2n) is 12.4. The summed E-state index contributed by atoms with van der Waals surface area (Å²) in [5, 5.41) is 7.55. The zero-order valence-corrected chi connectivity index (χ0v) is 26.5. The summed E-state index contributed by atoms with van der Waals surface area (Å²) in [5.41, 5.74) is 12.3. The highest BCUT2D eigenvalue weighted by Crippen LogP contribution is 2.50. The Labute approximate surface area is 281 Å². The minimum absolute atomic E-state index is 1.21. The third kappa shape index (κ3) is 4.70. The Bertz CT molecular complexity index is 2570. The maximum absolute atomic E-state index is 2.37. The smallest absolute Gasteiger partial charge is 0.00137 e. The second-order valence-corrected chi connectivity index (χ2v) is 12.4. The summed E-state index contributed by atoms with van der Waals surface area (Å²) in [6, 6.07) is 70.8. The van der Waals surface area contributed by atoms with Crippen LogP contribution in [0.5, 0.6) is 0 Å². The van der Waals surface area contributed by atoms with Crippen LogP contribution in [0.25, 0.3) is 88.0 Å². The van der Waals surface area contributed by atoms with E-state index in [2.05, 4.69) is 194 Å². The Balaban J connectivity index is 1.52. The molecule has 0 amide bonds. The second kappa shape index (κ2) is 11.8. The molecule has 0 N–H and O–H groups in total. The number of fused-ring (bicyclic) bond motifs is 3. The lowest BCUT2D eigenvalue weighted by molar-refractivity contribution is 1.60. The molecule has 0 saturated carbocycles. The van der Waals surface area contributed by atoms with Crippen molar-refractivity contribution in [1.82, 2.24) is 0 Å². The highest BCUT2D eigenvalue weighted by Gasteiger charge is 2.23. The van der Waals surface area contributed by atoms with Crippen molar-refractivity contribution in [1.29, 1.82) is 0 Å². The lowest BCUT2D eigenvalue weighted by atomic mass is 9.80. The highest BCUT2D eigenvalue weighted by atomic mass is 14.3. The van der Waals surface area contributed by atoms with Gasteiger partial charge < -0.3 is 0 Å². The van der Waals surface area contributed by atoms with Crippen molar-refractivity contribution in [3.05, 3.63) is 194 Å². The molecular formula is C48H32. The number of benzene rings is 9. The van der Waals surface area contributed by atoms with E-state index in [-0.39, 0.29) is 0 Å². The first kappa shape index (κ1) is 28.0. The van der Waals surface area contributed by atoms with Gasteiger partial charge in [0.1, 0.15) is 0 Å². The molecule has 0 aliphatic heterocycles. The molecule has 0 unspecified atom stereocenters. The van der Waals surface area contributed by atoms with E-state index in [1.165, 1.54) is 88.0 Å². The van der Waals surface area contributed by atoms with E-state index in [9.17, 15) is 0 Å². The Morgan fingerprint density at radius 1 is 0.229 bits per heavy atom. The predicted molar refractivity (Wildman–Crippen MR) is 206 cm³/mol. The zero-order chi connectivity index (χ0) is 31.9. The molecule has 48 heavy (non-hydrogen) atoms. The van der Waals surface area contributed by atoms with Crippen molar-refractivity contribution in [3.63, 3.8) is 0 Å². The summed E-state index contributed by atoms with van der Waals surface area (Å²) in [6.07, 6.45) is 0. The summed E-state index contributed by atoms with van der Waals surface area (Å²) < 4.78 is 0. The molecule has 9 aromatic rings. The summed E-state index contributed by atoms with van der Waals surface area (Å²) in [5.74, 6) is 0. The van der Waals surface area contributed by atoms with E-state index in [1.807, 2.05) is 0 Å². The molecule has 0 nitrogen and oxygen atoms in total. The van der Waals surface area contributed by atoms with Crippen LogP contribution in [0, 0.1) is 0 Å². The molecule has 0 aromatic heterocycles. The highest BCUT2D eigenvalue weighted by molar-refractivity contribution is 6.28. The normalized spacial score (nSPS) is 11.3. The molecule has 0 aliphatic carbocycles. The van der Waals surface area contributed by atoms with Crippen LogP contribution in [-0.4, -0.2) is 0 Å². The topological polar surface area (TPSA) is 0 Å². The van der Waals surface area contributed by atoms with Crippen LogP contribution in [0.15, 0.2) is 194 Å². The fourth-order valence-electron chi connectivity index (χ4n) is 7.55. The van der Waals surface area contributed by atoms with Gasteiger partial charge in [0.05, 0.1) is 0 Å². The SMILES string of the molecule is c1ccc(-c2cccc(-c3c4cccc(-c5ccccc5)c4c(-c4cccc5ccccc45)c4cccc(-c5ccccc5)c34)c2)cc1. The Morgan fingerprint density at radius 3 is 1.31 bits per heavy atom. The van der Waals surface area contributed by atoms with Gasteiger partial charge in [-0.3, -0.25) is 0 Å². The molecule has 0 aliphatic rings. The van der Waals surface area contributed by atoms with Gasteiger partial charge in [0.15, 0.2) is 0 Å². The van der Waals surface area contributed by atoms with Crippen molar-refractivity contribution >= 4 is 32.3 Å². The standard InChI is InChI=1S/C48H32/c1-4-16-33(17-5-1)37-24-12-25-38(32-37)45-43-30-14-28-41(36-20-8-3-9-21-36)47(43)48(42-29-13-23-34-22-10-11-26-39(34)42)44-31-15-27-40(46(44)45)35-18-6-2-7-19-35/h1-32H. The fourth-order valence-corrected chi connectivity index (χ4v) is 7.55. The summed E-state index contributed by atoms with van der Waals surface area (Å²) >= 11 is 0. The molecular weight excluding hydrogens is 577 g/mol. The summed E-state index contributed by atoms with van der Waals surface area (Å²) in [4.78, 5) is 0. The molecule has 0 heterocycles. The van der Waals surface area contributed by atoms with Crippen molar-refractivity contribution < 1.29 is 0 Å². The van der Waals surface area contributed by atoms with Gasteiger partial charge in [-0.1, -0.05) is 188 Å². The molecule has 0 radical (unpaired) electrons. The molecule has 0 bridgehead atoms. The van der Waals surface area contributed by atoms with Gasteiger partial charge >= 0.3 is 0 Å². The quantitative estimate of drug-likeness (QED) is 0.171. The third-order valence-electron chi connectivity index (χ3n) is 9.65. The first-order valence-corrected chi connectivity index (χ1v) is 16.6. The largest absolute Gasteiger partial charge is 0.0622 e. The van der Waals surface area contributed by atoms with Gasteiger partial charge in [0, 0.05) is 0 Å². The van der Waals surface area contributed by atoms with E-state index in [0.29, 0.717) is 0 Å². The van der Waals surface area contributed by atoms with Crippen LogP contribution < -0.4 is 0 Å². The fraction of sp³-hybridized carbons (Fsp3) is 0. The van der Waals surface area contributed by atoms with Gasteiger partial charge in [0.2, 0.25) is 0 Å². The molecule has 224 valence electrons. The van der Waals surface area contributed by atoms with Crippen LogP contribution >= 0.6 is 0 Å². The minimum Gasteiger partial charge on any atom is -0.0622 e. The number of hydrogen-bond donors (Lipinski definition) is 0. The third-order valence-corrected chi connectivity index (χ3v) is 9.65. The van der Waals surface area contributed by atoms with Crippen molar-refractivity contribution in [2.24, 2.45) is 0 Å². The minimum atomic E-state index is 1.21. The van der Waals surface area contributed by atoms with Crippen molar-refractivity contribution in [3.8, 4) is 55.6 Å². The van der Waals surface area contributed by atoms with E-state index in [1.54, 1.807) is 0 Å². The number of hydrogen-bond acceptors (Lipinski definition) is 0. The Hall–Kier alpha value is -6.24. The van der Waals surface area contributed by atoms with Crippen molar-refractivity contribution in [2.75, 3.05) is 0 Å². The molecule has 0 heteroatoms. The molecule has 0 saturated heterocycles. The predicted octanol–water partition coefficient (Wildman–Crippen LogP) is 13.5. The summed E-state index contributed by atoms with van der Waals surface area (Å²) in [6.45, 7) is 0. The molecule has 0 atom stereocenters. The van der Waals surface area contributed by atoms with E-state index < -0.39 is 0 Å². The Kier molecular flexibility index (Phi) is 6.91. The molecule has 0 fully saturated rings. The van der Waals surface area contributed by atoms with Crippen LogP contribution in [0.2, 0.25) is 0 Å². The molecule has 0 spiro atoms. The lowest BCUT2D eigenvalue weighted by Crippen LogP contribution is -1.96. The van der Waals surface area contributed by atoms with Crippen molar-refractivity contribution in [2.45, 2.75) is 0 Å². The number of rotatable bonds is 5. The van der Waals surface area contributed by atoms with Crippen LogP contribution in [0.1, 0.15) is 0 Å². The van der Waals surface area contributed by atoms with Gasteiger partial charge in [-0.05, 0) is 94.0 Å². The lowest BCUT2D eigenvalue weighted by Gasteiger charge is -2.23. The van der Waals surface area contributed by atoms with Gasteiger partial charge in [-0.2, -0.15) is 0 Å². The van der Waals surface area contributed by atoms with Crippen LogP contribution in [0.3, 0.4) is 0 Å². The first-order valence-electron chi connectivity index (χ1n) is 16.6. The average molecular weight is 609 g/mol. The van der Waals surface area contributed by atoms with Gasteiger partial charge in [-0.25, -0.2) is 0 Å². The van der Waals surface area contributed by atoms with E-state index in [4.69, 9.17) is 0 Å². The monoisotopic (exact) mass is 608 g/mol. The molecule has 9 aromatic carbocycles.